The molecule has 0 saturated heterocycles. The van der Waals surface area contributed by atoms with Gasteiger partial charge in [0.15, 0.2) is 0 Å². The van der Waals surface area contributed by atoms with Crippen molar-refractivity contribution >= 4 is 11.6 Å². The molecule has 2 aromatic rings. The van der Waals surface area contributed by atoms with Gasteiger partial charge in [0.25, 0.3) is 0 Å². The van der Waals surface area contributed by atoms with E-state index in [-0.39, 0.29) is 0 Å². The van der Waals surface area contributed by atoms with Crippen LogP contribution in [0.1, 0.15) is 43.5 Å². The van der Waals surface area contributed by atoms with E-state index in [4.69, 9.17) is 11.6 Å². The Morgan fingerprint density at radius 3 is 2.84 bits per heavy atom. The van der Waals surface area contributed by atoms with Crippen molar-refractivity contribution in [3.05, 3.63) is 28.9 Å². The molecular weight excluding hydrogens is 260 g/mol. The molecule has 0 unspecified atom stereocenters. The van der Waals surface area contributed by atoms with E-state index in [2.05, 4.69) is 22.0 Å². The van der Waals surface area contributed by atoms with Crippen LogP contribution in [0.2, 0.25) is 5.15 Å². The number of nitrogens with zero attached hydrogens (tertiary/aromatic N) is 4. The van der Waals surface area contributed by atoms with E-state index in [1.807, 2.05) is 24.0 Å². The highest BCUT2D eigenvalue weighted by atomic mass is 35.5. The molecular formula is C14H17ClN4. The molecule has 5 heteroatoms. The standard InChI is InChI=1S/C14H17ClN4/c1-3-6-19-8-11(7-16-19)12-9(2)13(15)18-14(17-12)10-4-5-10/h7-8,10H,3-6H2,1-2H3. The molecule has 0 amide bonds. The Hall–Kier alpha value is -1.42. The molecule has 0 aromatic carbocycles. The lowest BCUT2D eigenvalue weighted by Crippen LogP contribution is -1.99. The van der Waals surface area contributed by atoms with E-state index in [0.29, 0.717) is 11.1 Å². The Kier molecular flexibility index (Phi) is 3.27. The molecule has 0 spiro atoms. The third-order valence-electron chi connectivity index (χ3n) is 3.41. The second-order valence-electron chi connectivity index (χ2n) is 5.11. The summed E-state index contributed by atoms with van der Waals surface area (Å²) in [5.74, 6) is 1.39. The third-order valence-corrected chi connectivity index (χ3v) is 3.77. The molecule has 0 aliphatic heterocycles. The first-order valence-corrected chi connectivity index (χ1v) is 7.13. The second kappa shape index (κ2) is 4.93. The SMILES string of the molecule is CCCn1cc(-c2nc(C3CC3)nc(Cl)c2C)cn1. The lowest BCUT2D eigenvalue weighted by Gasteiger charge is -2.07. The zero-order valence-electron chi connectivity index (χ0n) is 11.2. The Morgan fingerprint density at radius 2 is 2.16 bits per heavy atom. The maximum Gasteiger partial charge on any atom is 0.136 e. The zero-order chi connectivity index (χ0) is 13.4. The summed E-state index contributed by atoms with van der Waals surface area (Å²) in [5.41, 5.74) is 2.88. The van der Waals surface area contributed by atoms with Crippen molar-refractivity contribution < 1.29 is 0 Å². The van der Waals surface area contributed by atoms with Crippen LogP contribution in [-0.2, 0) is 6.54 Å². The minimum absolute atomic E-state index is 0.502. The maximum absolute atomic E-state index is 6.23. The first-order chi connectivity index (χ1) is 9.19. The first kappa shape index (κ1) is 12.6. The monoisotopic (exact) mass is 276 g/mol. The normalized spacial score (nSPS) is 14.9. The van der Waals surface area contributed by atoms with Gasteiger partial charge in [0.1, 0.15) is 11.0 Å². The van der Waals surface area contributed by atoms with Crippen molar-refractivity contribution in [1.82, 2.24) is 19.7 Å². The van der Waals surface area contributed by atoms with E-state index in [1.54, 1.807) is 0 Å². The summed E-state index contributed by atoms with van der Waals surface area (Å²) in [4.78, 5) is 9.08. The maximum atomic E-state index is 6.23. The van der Waals surface area contributed by atoms with Gasteiger partial charge in [0.05, 0.1) is 11.9 Å². The average Bonchev–Trinajstić information content (AvgIpc) is 3.14. The Balaban J connectivity index is 2.01. The summed E-state index contributed by atoms with van der Waals surface area (Å²) in [6.07, 6.45) is 7.31. The van der Waals surface area contributed by atoms with Crippen LogP contribution in [0, 0.1) is 6.92 Å². The van der Waals surface area contributed by atoms with Crippen LogP contribution in [0.3, 0.4) is 0 Å². The lowest BCUT2D eigenvalue weighted by atomic mass is 10.1. The van der Waals surface area contributed by atoms with Gasteiger partial charge >= 0.3 is 0 Å². The summed E-state index contributed by atoms with van der Waals surface area (Å²) < 4.78 is 1.95. The van der Waals surface area contributed by atoms with Crippen molar-refractivity contribution in [2.75, 3.05) is 0 Å². The molecule has 2 heterocycles. The fraction of sp³-hybridized carbons (Fsp3) is 0.500. The molecule has 1 aliphatic carbocycles. The zero-order valence-corrected chi connectivity index (χ0v) is 12.0. The van der Waals surface area contributed by atoms with Crippen LogP contribution >= 0.6 is 11.6 Å². The minimum Gasteiger partial charge on any atom is -0.272 e. The van der Waals surface area contributed by atoms with Crippen LogP contribution in [0.4, 0.5) is 0 Å². The molecule has 4 nitrogen and oxygen atoms in total. The molecule has 0 N–H and O–H groups in total. The highest BCUT2D eigenvalue weighted by Crippen LogP contribution is 2.39. The molecule has 1 saturated carbocycles. The van der Waals surface area contributed by atoms with Gasteiger partial charge < -0.3 is 0 Å². The van der Waals surface area contributed by atoms with Crippen LogP contribution in [-0.4, -0.2) is 19.7 Å². The Bertz CT molecular complexity index is 601. The van der Waals surface area contributed by atoms with E-state index in [9.17, 15) is 0 Å². The van der Waals surface area contributed by atoms with Crippen molar-refractivity contribution in [2.24, 2.45) is 0 Å². The summed E-state index contributed by atoms with van der Waals surface area (Å²) in [6.45, 7) is 5.03. The molecule has 0 radical (unpaired) electrons. The van der Waals surface area contributed by atoms with Gasteiger partial charge in [0, 0.05) is 29.8 Å². The predicted octanol–water partition coefficient (Wildman–Crippen LogP) is 3.59. The summed E-state index contributed by atoms with van der Waals surface area (Å²) in [6, 6.07) is 0. The average molecular weight is 277 g/mol. The molecule has 1 fully saturated rings. The molecule has 19 heavy (non-hydrogen) atoms. The molecule has 0 atom stereocenters. The van der Waals surface area contributed by atoms with Crippen molar-refractivity contribution in [2.45, 2.75) is 45.6 Å². The molecule has 2 aromatic heterocycles. The lowest BCUT2D eigenvalue weighted by molar-refractivity contribution is 0.603. The topological polar surface area (TPSA) is 43.6 Å². The van der Waals surface area contributed by atoms with Gasteiger partial charge in [-0.25, -0.2) is 9.97 Å². The van der Waals surface area contributed by atoms with Crippen molar-refractivity contribution in [3.63, 3.8) is 0 Å². The summed E-state index contributed by atoms with van der Waals surface area (Å²) in [5, 5.41) is 4.92. The molecule has 3 rings (SSSR count). The fourth-order valence-corrected chi connectivity index (χ4v) is 2.32. The minimum atomic E-state index is 0.502. The third kappa shape index (κ3) is 2.50. The number of rotatable bonds is 4. The van der Waals surface area contributed by atoms with Gasteiger partial charge in [-0.15, -0.1) is 0 Å². The van der Waals surface area contributed by atoms with Crippen LogP contribution < -0.4 is 0 Å². The second-order valence-corrected chi connectivity index (χ2v) is 5.47. The largest absolute Gasteiger partial charge is 0.272 e. The highest BCUT2D eigenvalue weighted by molar-refractivity contribution is 6.30. The first-order valence-electron chi connectivity index (χ1n) is 6.76. The number of aromatic nitrogens is 4. The van der Waals surface area contributed by atoms with E-state index in [1.165, 1.54) is 12.8 Å². The van der Waals surface area contributed by atoms with Crippen LogP contribution in [0.25, 0.3) is 11.3 Å². The summed E-state index contributed by atoms with van der Waals surface area (Å²) in [7, 11) is 0. The Morgan fingerprint density at radius 1 is 1.37 bits per heavy atom. The van der Waals surface area contributed by atoms with Crippen molar-refractivity contribution in [1.29, 1.82) is 0 Å². The number of halogens is 1. The van der Waals surface area contributed by atoms with Gasteiger partial charge in [-0.1, -0.05) is 18.5 Å². The number of aryl methyl sites for hydroxylation is 1. The smallest absolute Gasteiger partial charge is 0.136 e. The molecule has 0 bridgehead atoms. The van der Waals surface area contributed by atoms with Gasteiger partial charge in [0.2, 0.25) is 0 Å². The van der Waals surface area contributed by atoms with Gasteiger partial charge in [-0.3, -0.25) is 4.68 Å². The van der Waals surface area contributed by atoms with E-state index < -0.39 is 0 Å². The number of hydrogen-bond donors (Lipinski definition) is 0. The predicted molar refractivity (Wildman–Crippen MR) is 75.3 cm³/mol. The highest BCUT2D eigenvalue weighted by Gasteiger charge is 2.28. The van der Waals surface area contributed by atoms with Crippen LogP contribution in [0.5, 0.6) is 0 Å². The van der Waals surface area contributed by atoms with Crippen LogP contribution in [0.15, 0.2) is 12.4 Å². The summed E-state index contributed by atoms with van der Waals surface area (Å²) >= 11 is 6.23. The van der Waals surface area contributed by atoms with Gasteiger partial charge in [-0.2, -0.15) is 5.10 Å². The van der Waals surface area contributed by atoms with Crippen molar-refractivity contribution in [3.8, 4) is 11.3 Å². The fourth-order valence-electron chi connectivity index (χ4n) is 2.15. The van der Waals surface area contributed by atoms with E-state index >= 15 is 0 Å². The Labute approximate surface area is 117 Å². The van der Waals surface area contributed by atoms with E-state index in [0.717, 1.165) is 35.6 Å². The van der Waals surface area contributed by atoms with Gasteiger partial charge in [-0.05, 0) is 26.2 Å². The molecule has 100 valence electrons. The number of hydrogen-bond acceptors (Lipinski definition) is 3. The molecule has 1 aliphatic rings. The quantitative estimate of drug-likeness (QED) is 0.802.